The third kappa shape index (κ3) is 13.7. The molecule has 9 nitrogen and oxygen atoms in total. The first-order chi connectivity index (χ1) is 12.6. The zero-order valence-electron chi connectivity index (χ0n) is 17.6. The second kappa shape index (κ2) is 20.2. The van der Waals surface area contributed by atoms with E-state index in [1.807, 2.05) is 37.7 Å². The maximum atomic E-state index is 12.5. The first-order valence-corrected chi connectivity index (χ1v) is 11.2. The summed E-state index contributed by atoms with van der Waals surface area (Å²) in [4.78, 5) is 0. The summed E-state index contributed by atoms with van der Waals surface area (Å²) in [5.41, 5.74) is 0. The number of rotatable bonds is 18. The summed E-state index contributed by atoms with van der Waals surface area (Å²) >= 11 is 0. The van der Waals surface area contributed by atoms with Crippen LogP contribution >= 0.6 is 8.25 Å². The molecule has 0 aliphatic heterocycles. The molecule has 0 aromatic heterocycles. The molecule has 0 fully saturated rings. The van der Waals surface area contributed by atoms with Gasteiger partial charge in [-0.1, -0.05) is 27.7 Å². The average Bonchev–Trinajstić information content (AvgIpc) is 2.65. The van der Waals surface area contributed by atoms with Crippen LogP contribution in [0.1, 0.15) is 41.5 Å². The monoisotopic (exact) mass is 420 g/mol. The summed E-state index contributed by atoms with van der Waals surface area (Å²) in [6.07, 6.45) is 0. The molecule has 0 atom stereocenters. The van der Waals surface area contributed by atoms with Crippen molar-refractivity contribution in [1.82, 2.24) is 31.0 Å². The van der Waals surface area contributed by atoms with Crippen LogP contribution in [0.25, 0.3) is 0 Å². The molecule has 0 amide bonds. The van der Waals surface area contributed by atoms with Crippen LogP contribution in [0.5, 0.6) is 0 Å². The molecule has 0 aliphatic carbocycles. The predicted molar refractivity (Wildman–Crippen MR) is 115 cm³/mol. The number of nitrogens with one attached hydrogen (secondary N) is 2. The molecule has 0 aromatic carbocycles. The van der Waals surface area contributed by atoms with Crippen molar-refractivity contribution >= 4 is 37.8 Å². The van der Waals surface area contributed by atoms with Gasteiger partial charge in [-0.15, -0.1) is 10.3 Å². The van der Waals surface area contributed by atoms with Crippen molar-refractivity contribution in [3.05, 3.63) is 0 Å². The Balaban J connectivity index is 0. The quantitative estimate of drug-likeness (QED) is 0.146. The summed E-state index contributed by atoms with van der Waals surface area (Å²) in [5.74, 6) is 0. The van der Waals surface area contributed by atoms with Gasteiger partial charge in [0.15, 0.2) is 0 Å². The van der Waals surface area contributed by atoms with E-state index in [4.69, 9.17) is 9.25 Å². The van der Waals surface area contributed by atoms with E-state index in [0.29, 0.717) is 13.1 Å². The molecule has 0 radical (unpaired) electrons. The zero-order chi connectivity index (χ0) is 19.8. The van der Waals surface area contributed by atoms with Gasteiger partial charge in [-0.3, -0.25) is 4.57 Å². The fourth-order valence-electron chi connectivity index (χ4n) is 2.46. The van der Waals surface area contributed by atoms with E-state index < -0.39 is 8.25 Å². The van der Waals surface area contributed by atoms with Crippen LogP contribution in [0, 0.1) is 0 Å². The summed E-state index contributed by atoms with van der Waals surface area (Å²) in [5, 5.41) is 13.9. The van der Waals surface area contributed by atoms with Gasteiger partial charge < -0.3 is 10.6 Å². The topological polar surface area (TPSA) is 72.6 Å². The number of nitrogens with zero attached hydrogens (tertiary/aromatic N) is 4. The fraction of sp³-hybridized carbons (Fsp3) is 1.00. The molecule has 2 N–H and O–H groups in total. The normalized spacial score (nSPS) is 12.0. The van der Waals surface area contributed by atoms with Crippen LogP contribution in [-0.2, 0) is 13.8 Å². The number of likely N-dealkylation sites (N-methyl/N-ethyl adjacent to an activating group) is 4. The van der Waals surface area contributed by atoms with E-state index >= 15 is 0 Å². The van der Waals surface area contributed by atoms with Gasteiger partial charge in [0.05, 0.1) is 0 Å². The van der Waals surface area contributed by atoms with Crippen molar-refractivity contribution in [1.29, 1.82) is 0 Å². The van der Waals surface area contributed by atoms with Crippen molar-refractivity contribution in [2.75, 3.05) is 65.4 Å². The van der Waals surface area contributed by atoms with E-state index in [0.717, 1.165) is 52.4 Å². The number of hydroxylamine groups is 2. The van der Waals surface area contributed by atoms with E-state index in [2.05, 4.69) is 24.5 Å². The van der Waals surface area contributed by atoms with E-state index in [1.54, 1.807) is 10.3 Å². The van der Waals surface area contributed by atoms with Gasteiger partial charge in [0, 0.05) is 52.4 Å². The standard InChI is InChI=1S/C16H41N6O3P.Na.H/c1-7-17-13-15-19(9-3)21(11-5)24-26(23)25-22(12-6)20(10-4)16-14-18-8-2;;/h17-18,26H,7-16H2,1-6H3;;. The molecule has 0 aromatic rings. The fourth-order valence-corrected chi connectivity index (χ4v) is 3.32. The van der Waals surface area contributed by atoms with Gasteiger partial charge in [0.25, 0.3) is 0 Å². The summed E-state index contributed by atoms with van der Waals surface area (Å²) in [6, 6.07) is 0. The Morgan fingerprint density at radius 2 is 1.07 bits per heavy atom. The second-order valence-electron chi connectivity index (χ2n) is 5.57. The van der Waals surface area contributed by atoms with Crippen LogP contribution in [0.2, 0.25) is 0 Å². The third-order valence-electron chi connectivity index (χ3n) is 3.86. The van der Waals surface area contributed by atoms with Gasteiger partial charge in [-0.05, 0) is 26.9 Å². The molecular formula is C16H42N6NaO3P. The Bertz CT molecular complexity index is 330. The van der Waals surface area contributed by atoms with Crippen LogP contribution < -0.4 is 10.6 Å². The molecule has 0 unspecified atom stereocenters. The first-order valence-electron chi connectivity index (χ1n) is 9.93. The molecule has 0 saturated heterocycles. The number of hydrazine groups is 2. The molecule has 0 bridgehead atoms. The van der Waals surface area contributed by atoms with Gasteiger partial charge in [0.1, 0.15) is 0 Å². The predicted octanol–water partition coefficient (Wildman–Crippen LogP) is 0.927. The van der Waals surface area contributed by atoms with Gasteiger partial charge >= 0.3 is 37.8 Å². The van der Waals surface area contributed by atoms with Crippen molar-refractivity contribution in [3.63, 3.8) is 0 Å². The molecule has 27 heavy (non-hydrogen) atoms. The Hall–Kier alpha value is 0.910. The average molecular weight is 421 g/mol. The van der Waals surface area contributed by atoms with Crippen molar-refractivity contribution in [3.8, 4) is 0 Å². The Kier molecular flexibility index (Phi) is 22.5. The van der Waals surface area contributed by atoms with Crippen molar-refractivity contribution in [2.24, 2.45) is 0 Å². The Morgan fingerprint density at radius 3 is 1.33 bits per heavy atom. The van der Waals surface area contributed by atoms with Crippen molar-refractivity contribution < 1.29 is 13.8 Å². The van der Waals surface area contributed by atoms with Gasteiger partial charge in [-0.25, -0.2) is 19.3 Å². The van der Waals surface area contributed by atoms with Gasteiger partial charge in [-0.2, -0.15) is 0 Å². The van der Waals surface area contributed by atoms with E-state index in [-0.39, 0.29) is 29.6 Å². The SMILES string of the molecule is CCNCCN(CC)N(CC)O[PH](=O)ON(CC)N(CC)CCNCC.[NaH]. The summed E-state index contributed by atoms with van der Waals surface area (Å²) < 4.78 is 23.7. The van der Waals surface area contributed by atoms with E-state index in [1.165, 1.54) is 0 Å². The number of hydrogen-bond donors (Lipinski definition) is 2. The molecule has 0 saturated carbocycles. The Labute approximate surface area is 189 Å². The number of hydrogen-bond acceptors (Lipinski definition) is 9. The minimum absolute atomic E-state index is 0. The zero-order valence-corrected chi connectivity index (χ0v) is 18.6. The molecule has 0 aliphatic rings. The summed E-state index contributed by atoms with van der Waals surface area (Å²) in [7, 11) is -2.70. The van der Waals surface area contributed by atoms with Crippen LogP contribution in [0.15, 0.2) is 0 Å². The van der Waals surface area contributed by atoms with Crippen LogP contribution in [0.3, 0.4) is 0 Å². The molecule has 0 heterocycles. The molecule has 11 heteroatoms. The third-order valence-corrected chi connectivity index (χ3v) is 4.57. The molecular weight excluding hydrogens is 378 g/mol. The van der Waals surface area contributed by atoms with Crippen LogP contribution in [0.4, 0.5) is 0 Å². The molecule has 160 valence electrons. The second-order valence-corrected chi connectivity index (χ2v) is 6.43. The van der Waals surface area contributed by atoms with Gasteiger partial charge in [0.2, 0.25) is 0 Å². The van der Waals surface area contributed by atoms with E-state index in [9.17, 15) is 4.57 Å². The molecule has 0 rings (SSSR count). The van der Waals surface area contributed by atoms with Crippen molar-refractivity contribution in [2.45, 2.75) is 41.5 Å². The minimum atomic E-state index is -2.70. The maximum absolute atomic E-state index is 12.5. The van der Waals surface area contributed by atoms with Crippen LogP contribution in [-0.4, -0.2) is 115 Å². The molecule has 0 spiro atoms. The Morgan fingerprint density at radius 1 is 0.704 bits per heavy atom. The summed E-state index contributed by atoms with van der Waals surface area (Å²) in [6.45, 7) is 20.1. The first kappa shape index (κ1) is 30.1.